The van der Waals surface area contributed by atoms with Crippen molar-refractivity contribution in [3.8, 4) is 11.5 Å². The van der Waals surface area contributed by atoms with Crippen molar-refractivity contribution in [1.29, 1.82) is 0 Å². The van der Waals surface area contributed by atoms with E-state index in [4.69, 9.17) is 4.52 Å². The molecule has 0 aliphatic heterocycles. The molecule has 0 aliphatic rings. The van der Waals surface area contributed by atoms with Gasteiger partial charge in [-0.2, -0.15) is 4.98 Å². The second-order valence-electron chi connectivity index (χ2n) is 4.86. The molecule has 0 saturated carbocycles. The molecule has 0 spiro atoms. The molecule has 0 bridgehead atoms. The molecule has 2 unspecified atom stereocenters. The summed E-state index contributed by atoms with van der Waals surface area (Å²) in [5.41, 5.74) is 0.903. The van der Waals surface area contributed by atoms with E-state index in [1.807, 2.05) is 30.3 Å². The van der Waals surface area contributed by atoms with Gasteiger partial charge in [-0.3, -0.25) is 0 Å². The summed E-state index contributed by atoms with van der Waals surface area (Å²) in [5.74, 6) is 1.33. The maximum Gasteiger partial charge on any atom is 0.263 e. The number of hydrogen-bond acceptors (Lipinski definition) is 5. The fourth-order valence-electron chi connectivity index (χ4n) is 1.92. The first-order valence-electron chi connectivity index (χ1n) is 6.46. The van der Waals surface area contributed by atoms with Gasteiger partial charge in [0.15, 0.2) is 0 Å². The zero-order valence-electron chi connectivity index (χ0n) is 11.2. The van der Waals surface area contributed by atoms with Crippen LogP contribution in [0.3, 0.4) is 0 Å². The molecule has 0 radical (unpaired) electrons. The predicted octanol–water partition coefficient (Wildman–Crippen LogP) is 2.56. The van der Waals surface area contributed by atoms with Gasteiger partial charge in [0, 0.05) is 12.1 Å². The molecule has 5 nitrogen and oxygen atoms in total. The van der Waals surface area contributed by atoms with Crippen molar-refractivity contribution < 1.29 is 9.63 Å². The fraction of sp³-hybridized carbons (Fsp3) is 0.429. The smallest absolute Gasteiger partial charge is 0.263 e. The topological polar surface area (TPSA) is 71.2 Å². The zero-order valence-corrected chi connectivity index (χ0v) is 11.2. The van der Waals surface area contributed by atoms with E-state index in [0.717, 1.165) is 12.0 Å². The molecular formula is C14H19N3O2. The molecule has 102 valence electrons. The summed E-state index contributed by atoms with van der Waals surface area (Å²) >= 11 is 0. The van der Waals surface area contributed by atoms with Crippen molar-refractivity contribution in [3.63, 3.8) is 0 Å². The minimum absolute atomic E-state index is 0.290. The summed E-state index contributed by atoms with van der Waals surface area (Å²) in [6.07, 6.45) is 0.457. The van der Waals surface area contributed by atoms with Crippen molar-refractivity contribution in [3.05, 3.63) is 30.3 Å². The largest absolute Gasteiger partial charge is 0.393 e. The summed E-state index contributed by atoms with van der Waals surface area (Å²) in [6.45, 7) is 4.56. The quantitative estimate of drug-likeness (QED) is 0.836. The number of nitrogens with one attached hydrogen (secondary N) is 1. The SMILES string of the molecule is CC(O)CC(C)CNc1noc(-c2ccccc2)n1. The van der Waals surface area contributed by atoms with Gasteiger partial charge in [-0.25, -0.2) is 0 Å². The van der Waals surface area contributed by atoms with Gasteiger partial charge in [0.1, 0.15) is 0 Å². The average Bonchev–Trinajstić information content (AvgIpc) is 2.85. The standard InChI is InChI=1S/C14H19N3O2/c1-10(8-11(2)18)9-15-14-16-13(19-17-14)12-6-4-3-5-7-12/h3-7,10-11,18H,8-9H2,1-2H3,(H,15,17). The Morgan fingerprint density at radius 3 is 2.68 bits per heavy atom. The van der Waals surface area contributed by atoms with Crippen LogP contribution in [0.15, 0.2) is 34.9 Å². The molecule has 2 aromatic rings. The maximum atomic E-state index is 9.30. The third-order valence-corrected chi connectivity index (χ3v) is 2.80. The Morgan fingerprint density at radius 2 is 2.00 bits per heavy atom. The summed E-state index contributed by atoms with van der Waals surface area (Å²) in [7, 11) is 0. The third kappa shape index (κ3) is 4.06. The van der Waals surface area contributed by atoms with E-state index in [1.165, 1.54) is 0 Å². The lowest BCUT2D eigenvalue weighted by Gasteiger charge is -2.12. The van der Waals surface area contributed by atoms with Gasteiger partial charge in [0.05, 0.1) is 6.10 Å². The van der Waals surface area contributed by atoms with Crippen molar-refractivity contribution >= 4 is 5.95 Å². The summed E-state index contributed by atoms with van der Waals surface area (Å²) in [5, 5.41) is 16.3. The summed E-state index contributed by atoms with van der Waals surface area (Å²) in [4.78, 5) is 4.28. The molecule has 1 aromatic carbocycles. The lowest BCUT2D eigenvalue weighted by molar-refractivity contribution is 0.166. The van der Waals surface area contributed by atoms with Crippen molar-refractivity contribution in [2.45, 2.75) is 26.4 Å². The number of aromatic nitrogens is 2. The van der Waals surface area contributed by atoms with Crippen LogP contribution in [0.1, 0.15) is 20.3 Å². The Kier molecular flexibility index (Phi) is 4.52. The van der Waals surface area contributed by atoms with Gasteiger partial charge >= 0.3 is 0 Å². The van der Waals surface area contributed by atoms with Gasteiger partial charge in [0.2, 0.25) is 0 Å². The lowest BCUT2D eigenvalue weighted by atomic mass is 10.1. The minimum Gasteiger partial charge on any atom is -0.393 e. The number of hydrogen-bond donors (Lipinski definition) is 2. The van der Waals surface area contributed by atoms with Crippen molar-refractivity contribution in [2.75, 3.05) is 11.9 Å². The predicted molar refractivity (Wildman–Crippen MR) is 73.7 cm³/mol. The van der Waals surface area contributed by atoms with E-state index < -0.39 is 0 Å². The van der Waals surface area contributed by atoms with Gasteiger partial charge in [-0.1, -0.05) is 25.1 Å². The van der Waals surface area contributed by atoms with E-state index >= 15 is 0 Å². The highest BCUT2D eigenvalue weighted by atomic mass is 16.5. The molecule has 5 heteroatoms. The van der Waals surface area contributed by atoms with Gasteiger partial charge in [0.25, 0.3) is 11.8 Å². The monoisotopic (exact) mass is 261 g/mol. The maximum absolute atomic E-state index is 9.30. The van der Waals surface area contributed by atoms with Crippen LogP contribution >= 0.6 is 0 Å². The molecule has 2 N–H and O–H groups in total. The number of rotatable bonds is 6. The molecular weight excluding hydrogens is 242 g/mol. The van der Waals surface area contributed by atoms with E-state index in [-0.39, 0.29) is 6.10 Å². The third-order valence-electron chi connectivity index (χ3n) is 2.80. The summed E-state index contributed by atoms with van der Waals surface area (Å²) in [6, 6.07) is 9.65. The molecule has 1 aromatic heterocycles. The molecule has 19 heavy (non-hydrogen) atoms. The van der Waals surface area contributed by atoms with E-state index in [2.05, 4.69) is 22.4 Å². The molecule has 1 heterocycles. The Hall–Kier alpha value is -1.88. The van der Waals surface area contributed by atoms with Crippen LogP contribution in [0.5, 0.6) is 0 Å². The first-order chi connectivity index (χ1) is 9.15. The van der Waals surface area contributed by atoms with Crippen LogP contribution in [-0.4, -0.2) is 27.9 Å². The second-order valence-corrected chi connectivity index (χ2v) is 4.86. The van der Waals surface area contributed by atoms with Crippen LogP contribution in [-0.2, 0) is 0 Å². The van der Waals surface area contributed by atoms with Crippen LogP contribution in [0.2, 0.25) is 0 Å². The van der Waals surface area contributed by atoms with E-state index in [9.17, 15) is 5.11 Å². The molecule has 2 atom stereocenters. The lowest BCUT2D eigenvalue weighted by Crippen LogP contribution is -2.16. The Bertz CT molecular complexity index is 496. The Balaban J connectivity index is 1.91. The van der Waals surface area contributed by atoms with E-state index in [0.29, 0.717) is 24.3 Å². The van der Waals surface area contributed by atoms with Crippen LogP contribution in [0.25, 0.3) is 11.5 Å². The second kappa shape index (κ2) is 6.33. The number of nitrogens with zero attached hydrogens (tertiary/aromatic N) is 2. The highest BCUT2D eigenvalue weighted by Gasteiger charge is 2.10. The number of benzene rings is 1. The number of aliphatic hydroxyl groups is 1. The van der Waals surface area contributed by atoms with Gasteiger partial charge in [-0.15, -0.1) is 0 Å². The fourth-order valence-corrected chi connectivity index (χ4v) is 1.92. The van der Waals surface area contributed by atoms with Crippen LogP contribution < -0.4 is 5.32 Å². The Morgan fingerprint density at radius 1 is 1.26 bits per heavy atom. The van der Waals surface area contributed by atoms with Crippen molar-refractivity contribution in [2.24, 2.45) is 5.92 Å². The van der Waals surface area contributed by atoms with Crippen molar-refractivity contribution in [1.82, 2.24) is 10.1 Å². The van der Waals surface area contributed by atoms with Crippen LogP contribution in [0, 0.1) is 5.92 Å². The number of aliphatic hydroxyl groups excluding tert-OH is 1. The molecule has 0 fully saturated rings. The molecule has 0 aliphatic carbocycles. The average molecular weight is 261 g/mol. The molecule has 2 rings (SSSR count). The van der Waals surface area contributed by atoms with E-state index in [1.54, 1.807) is 6.92 Å². The zero-order chi connectivity index (χ0) is 13.7. The first-order valence-corrected chi connectivity index (χ1v) is 6.46. The molecule has 0 saturated heterocycles. The summed E-state index contributed by atoms with van der Waals surface area (Å²) < 4.78 is 5.19. The minimum atomic E-state index is -0.290. The Labute approximate surface area is 112 Å². The van der Waals surface area contributed by atoms with Crippen LogP contribution in [0.4, 0.5) is 5.95 Å². The normalized spacial score (nSPS) is 14.1. The highest BCUT2D eigenvalue weighted by Crippen LogP contribution is 2.18. The van der Waals surface area contributed by atoms with Gasteiger partial charge < -0.3 is 14.9 Å². The molecule has 0 amide bonds. The van der Waals surface area contributed by atoms with Gasteiger partial charge in [-0.05, 0) is 36.6 Å². The first kappa shape index (κ1) is 13.5. The number of anilines is 1. The highest BCUT2D eigenvalue weighted by molar-refractivity contribution is 5.53.